The summed E-state index contributed by atoms with van der Waals surface area (Å²) in [5.74, 6) is -1.13. The molecule has 1 heterocycles. The van der Waals surface area contributed by atoms with Crippen molar-refractivity contribution in [2.75, 3.05) is 21.3 Å². The Morgan fingerprint density at radius 3 is 2.25 bits per heavy atom. The average Bonchev–Trinajstić information content (AvgIpc) is 3.23. The molecule has 0 bridgehead atoms. The molecule has 0 spiro atoms. The summed E-state index contributed by atoms with van der Waals surface area (Å²) in [5, 5.41) is 16.7. The normalized spacial score (nSPS) is 10.7. The number of rotatable bonds is 5. The van der Waals surface area contributed by atoms with Gasteiger partial charge in [0, 0.05) is 0 Å². The first-order valence-corrected chi connectivity index (χ1v) is 9.65. The molecule has 32 heavy (non-hydrogen) atoms. The Morgan fingerprint density at radius 1 is 0.906 bits per heavy atom. The zero-order valence-corrected chi connectivity index (χ0v) is 17.7. The van der Waals surface area contributed by atoms with Crippen LogP contribution in [0.3, 0.4) is 0 Å². The van der Waals surface area contributed by atoms with E-state index >= 15 is 0 Å². The second kappa shape index (κ2) is 8.43. The van der Waals surface area contributed by atoms with Gasteiger partial charge >= 0.3 is 11.9 Å². The summed E-state index contributed by atoms with van der Waals surface area (Å²) >= 11 is 0. The Morgan fingerprint density at radius 2 is 1.59 bits per heavy atom. The molecule has 0 aliphatic rings. The Bertz CT molecular complexity index is 1330. The maximum absolute atomic E-state index is 12.9. The van der Waals surface area contributed by atoms with Crippen LogP contribution in [0, 0.1) is 0 Å². The number of esters is 2. The molecule has 3 aromatic carbocycles. The number of carbonyl (C=O) groups excluding carboxylic acids is 2. The van der Waals surface area contributed by atoms with E-state index in [1.807, 2.05) is 12.1 Å². The molecule has 0 atom stereocenters. The third-order valence-electron chi connectivity index (χ3n) is 5.10. The predicted octanol–water partition coefficient (Wildman–Crippen LogP) is 3.98. The number of para-hydroxylation sites is 1. The first-order valence-electron chi connectivity index (χ1n) is 9.65. The summed E-state index contributed by atoms with van der Waals surface area (Å²) in [6.45, 7) is 0. The van der Waals surface area contributed by atoms with E-state index in [0.29, 0.717) is 16.8 Å². The van der Waals surface area contributed by atoms with Crippen LogP contribution in [-0.4, -0.2) is 48.2 Å². The van der Waals surface area contributed by atoms with Crippen LogP contribution in [0.1, 0.15) is 20.8 Å². The van der Waals surface area contributed by atoms with Crippen LogP contribution >= 0.6 is 0 Å². The number of hydrogen-bond acceptors (Lipinski definition) is 7. The van der Waals surface area contributed by atoms with Gasteiger partial charge in [-0.1, -0.05) is 30.3 Å². The zero-order chi connectivity index (χ0) is 22.8. The molecule has 8 heteroatoms. The molecule has 0 amide bonds. The second-order valence-electron chi connectivity index (χ2n) is 6.85. The Kier molecular flexibility index (Phi) is 5.51. The second-order valence-corrected chi connectivity index (χ2v) is 6.85. The van der Waals surface area contributed by atoms with Crippen LogP contribution in [0.4, 0.5) is 0 Å². The van der Waals surface area contributed by atoms with Crippen molar-refractivity contribution in [3.8, 4) is 28.4 Å². The number of benzene rings is 3. The molecule has 1 aromatic heterocycles. The first-order chi connectivity index (χ1) is 15.5. The van der Waals surface area contributed by atoms with Gasteiger partial charge in [-0.15, -0.1) is 0 Å². The standard InChI is InChI=1S/C24H20N2O6/c1-30-16-11-9-14-10-12-18(27)19(17(14)13-16)21-20(23(28)31-2)22(24(29)32-3)26(25-21)15-7-5-4-6-8-15/h4-13,27H,1-3H3. The lowest BCUT2D eigenvalue weighted by Gasteiger charge is -2.10. The minimum atomic E-state index is -0.790. The number of methoxy groups -OCH3 is 3. The van der Waals surface area contributed by atoms with Gasteiger partial charge in [0.25, 0.3) is 0 Å². The number of fused-ring (bicyclic) bond motifs is 1. The lowest BCUT2D eigenvalue weighted by atomic mass is 9.97. The van der Waals surface area contributed by atoms with Gasteiger partial charge in [-0.05, 0) is 41.1 Å². The first kappa shape index (κ1) is 20.9. The number of ether oxygens (including phenoxy) is 3. The number of phenols is 1. The number of phenolic OH excluding ortho intramolecular Hbond substituents is 1. The SMILES string of the molecule is COC(=O)c1c(-c2c(O)ccc3ccc(OC)cc23)nn(-c2ccccc2)c1C(=O)OC. The minimum Gasteiger partial charge on any atom is -0.507 e. The molecule has 0 aliphatic heterocycles. The van der Waals surface area contributed by atoms with Gasteiger partial charge in [0.05, 0.1) is 32.6 Å². The summed E-state index contributed by atoms with van der Waals surface area (Å²) in [6, 6.07) is 17.4. The molecule has 0 saturated heterocycles. The quantitative estimate of drug-likeness (QED) is 0.476. The smallest absolute Gasteiger partial charge is 0.357 e. The van der Waals surface area contributed by atoms with Crippen molar-refractivity contribution in [2.24, 2.45) is 0 Å². The van der Waals surface area contributed by atoms with Gasteiger partial charge in [0.2, 0.25) is 0 Å². The molecular formula is C24H20N2O6. The van der Waals surface area contributed by atoms with Gasteiger partial charge in [0.1, 0.15) is 22.8 Å². The molecule has 0 saturated carbocycles. The van der Waals surface area contributed by atoms with E-state index in [0.717, 1.165) is 5.39 Å². The zero-order valence-electron chi connectivity index (χ0n) is 17.7. The number of nitrogens with zero attached hydrogens (tertiary/aromatic N) is 2. The van der Waals surface area contributed by atoms with Crippen molar-refractivity contribution < 1.29 is 28.9 Å². The highest BCUT2D eigenvalue weighted by molar-refractivity contribution is 6.10. The number of aromatic nitrogens is 2. The lowest BCUT2D eigenvalue weighted by Crippen LogP contribution is -2.15. The largest absolute Gasteiger partial charge is 0.507 e. The Labute approximate surface area is 183 Å². The highest BCUT2D eigenvalue weighted by Gasteiger charge is 2.33. The van der Waals surface area contributed by atoms with E-state index < -0.39 is 11.9 Å². The molecule has 162 valence electrons. The topological polar surface area (TPSA) is 99.9 Å². The summed E-state index contributed by atoms with van der Waals surface area (Å²) in [4.78, 5) is 25.6. The molecule has 0 radical (unpaired) electrons. The van der Waals surface area contributed by atoms with Gasteiger partial charge in [-0.3, -0.25) is 0 Å². The van der Waals surface area contributed by atoms with E-state index in [1.54, 1.807) is 42.5 Å². The fourth-order valence-electron chi connectivity index (χ4n) is 3.59. The van der Waals surface area contributed by atoms with Gasteiger partial charge in [0.15, 0.2) is 5.69 Å². The summed E-state index contributed by atoms with van der Waals surface area (Å²) in [5.41, 5.74) is 0.648. The molecule has 1 N–H and O–H groups in total. The van der Waals surface area contributed by atoms with Gasteiger partial charge in [-0.2, -0.15) is 5.10 Å². The third kappa shape index (κ3) is 3.41. The van der Waals surface area contributed by atoms with Crippen LogP contribution in [-0.2, 0) is 9.47 Å². The monoisotopic (exact) mass is 432 g/mol. The fourth-order valence-corrected chi connectivity index (χ4v) is 3.59. The van der Waals surface area contributed by atoms with E-state index in [9.17, 15) is 14.7 Å². The van der Waals surface area contributed by atoms with Crippen LogP contribution in [0.2, 0.25) is 0 Å². The maximum Gasteiger partial charge on any atom is 0.357 e. The van der Waals surface area contributed by atoms with Gasteiger partial charge in [-0.25, -0.2) is 14.3 Å². The lowest BCUT2D eigenvalue weighted by molar-refractivity contribution is 0.0549. The van der Waals surface area contributed by atoms with Crippen LogP contribution in [0.5, 0.6) is 11.5 Å². The minimum absolute atomic E-state index is 0.0810. The van der Waals surface area contributed by atoms with Crippen molar-refractivity contribution in [3.05, 3.63) is 71.9 Å². The van der Waals surface area contributed by atoms with E-state index in [-0.39, 0.29) is 28.3 Å². The fraction of sp³-hybridized carbons (Fsp3) is 0.125. The molecule has 8 nitrogen and oxygen atoms in total. The highest BCUT2D eigenvalue weighted by Crippen LogP contribution is 2.40. The van der Waals surface area contributed by atoms with Crippen molar-refractivity contribution in [2.45, 2.75) is 0 Å². The summed E-state index contributed by atoms with van der Waals surface area (Å²) in [7, 11) is 3.95. The van der Waals surface area contributed by atoms with Crippen molar-refractivity contribution in [1.29, 1.82) is 0 Å². The van der Waals surface area contributed by atoms with E-state index in [2.05, 4.69) is 5.10 Å². The van der Waals surface area contributed by atoms with Crippen LogP contribution < -0.4 is 4.74 Å². The molecule has 4 rings (SSSR count). The van der Waals surface area contributed by atoms with Gasteiger partial charge < -0.3 is 19.3 Å². The Balaban J connectivity index is 2.15. The van der Waals surface area contributed by atoms with Crippen molar-refractivity contribution in [1.82, 2.24) is 9.78 Å². The summed E-state index contributed by atoms with van der Waals surface area (Å²) < 4.78 is 16.6. The van der Waals surface area contributed by atoms with Crippen LogP contribution in [0.25, 0.3) is 27.7 Å². The molecule has 4 aromatic rings. The number of carbonyl (C=O) groups is 2. The third-order valence-corrected chi connectivity index (χ3v) is 5.10. The number of aromatic hydroxyl groups is 1. The molecule has 0 aliphatic carbocycles. The molecule has 0 unspecified atom stereocenters. The van der Waals surface area contributed by atoms with Crippen LogP contribution in [0.15, 0.2) is 60.7 Å². The molecule has 0 fully saturated rings. The predicted molar refractivity (Wildman–Crippen MR) is 117 cm³/mol. The average molecular weight is 432 g/mol. The maximum atomic E-state index is 12.9. The van der Waals surface area contributed by atoms with E-state index in [1.165, 1.54) is 32.1 Å². The van der Waals surface area contributed by atoms with E-state index in [4.69, 9.17) is 14.2 Å². The Hall–Kier alpha value is -4.33. The highest BCUT2D eigenvalue weighted by atomic mass is 16.5. The van der Waals surface area contributed by atoms with Crippen molar-refractivity contribution >= 4 is 22.7 Å². The van der Waals surface area contributed by atoms with Crippen molar-refractivity contribution in [3.63, 3.8) is 0 Å². The molecular weight excluding hydrogens is 412 g/mol. The number of hydrogen-bond donors (Lipinski definition) is 1. The summed E-state index contributed by atoms with van der Waals surface area (Å²) in [6.07, 6.45) is 0.